The highest BCUT2D eigenvalue weighted by Crippen LogP contribution is 2.23. The van der Waals surface area contributed by atoms with Crippen LogP contribution in [-0.4, -0.2) is 15.4 Å². The first-order valence-electron chi connectivity index (χ1n) is 5.96. The van der Waals surface area contributed by atoms with Crippen LogP contribution in [0.3, 0.4) is 0 Å². The number of furan rings is 1. The third kappa shape index (κ3) is 3.14. The van der Waals surface area contributed by atoms with Crippen LogP contribution < -0.4 is 5.73 Å². The number of hydrogen-bond donors (Lipinski definition) is 1. The van der Waals surface area contributed by atoms with Gasteiger partial charge in [-0.05, 0) is 18.6 Å². The molecule has 0 fully saturated rings. The van der Waals surface area contributed by atoms with Crippen LogP contribution in [0.1, 0.15) is 31.9 Å². The highest BCUT2D eigenvalue weighted by molar-refractivity contribution is 7.99. The van der Waals surface area contributed by atoms with E-state index in [4.69, 9.17) is 14.7 Å². The number of nitrogens with zero attached hydrogens (tertiary/aromatic N) is 2. The van der Waals surface area contributed by atoms with Gasteiger partial charge in [0.25, 0.3) is 5.89 Å². The number of aromatic nitrogens is 2. The molecule has 1 unspecified atom stereocenters. The quantitative estimate of drug-likeness (QED) is 0.867. The Bertz CT molecular complexity index is 495. The molecule has 5 nitrogen and oxygen atoms in total. The fourth-order valence-electron chi connectivity index (χ4n) is 1.35. The lowest BCUT2D eigenvalue weighted by Gasteiger charge is -2.04. The molecular formula is C12H17N3O2S. The Balaban J connectivity index is 2.01. The molecule has 0 bridgehead atoms. The Morgan fingerprint density at radius 1 is 1.44 bits per heavy atom. The molecule has 0 spiro atoms. The van der Waals surface area contributed by atoms with Gasteiger partial charge in [-0.25, -0.2) is 0 Å². The molecule has 98 valence electrons. The third-order valence-corrected chi connectivity index (χ3v) is 3.94. The predicted octanol–water partition coefficient (Wildman–Crippen LogP) is 2.82. The molecule has 0 amide bonds. The average Bonchev–Trinajstić information content (AvgIpc) is 3.03. The van der Waals surface area contributed by atoms with Crippen LogP contribution in [0.4, 0.5) is 0 Å². The summed E-state index contributed by atoms with van der Waals surface area (Å²) in [6.45, 7) is 4.72. The van der Waals surface area contributed by atoms with Gasteiger partial charge in [0.15, 0.2) is 11.6 Å². The zero-order chi connectivity index (χ0) is 13.0. The van der Waals surface area contributed by atoms with E-state index in [0.29, 0.717) is 35.0 Å². The smallest absolute Gasteiger partial charge is 0.293 e. The number of rotatable bonds is 6. The van der Waals surface area contributed by atoms with Gasteiger partial charge >= 0.3 is 0 Å². The molecule has 2 rings (SSSR count). The summed E-state index contributed by atoms with van der Waals surface area (Å²) in [6, 6.07) is 3.61. The van der Waals surface area contributed by atoms with E-state index in [2.05, 4.69) is 24.0 Å². The van der Waals surface area contributed by atoms with E-state index in [1.807, 2.05) is 17.8 Å². The Hall–Kier alpha value is -1.27. The molecule has 2 aromatic rings. The molecule has 0 aliphatic rings. The van der Waals surface area contributed by atoms with Gasteiger partial charge < -0.3 is 14.7 Å². The van der Waals surface area contributed by atoms with Gasteiger partial charge in [0, 0.05) is 5.25 Å². The Morgan fingerprint density at radius 2 is 2.28 bits per heavy atom. The molecule has 0 aliphatic carbocycles. The monoisotopic (exact) mass is 267 g/mol. The molecule has 0 aliphatic heterocycles. The molecule has 2 heterocycles. The standard InChI is InChI=1S/C12H17N3O2S/c1-3-8(2)18-7-11-14-12(17-15-11)10-5-4-9(6-13)16-10/h4-5,8H,3,6-7,13H2,1-2H3. The second kappa shape index (κ2) is 6.06. The lowest BCUT2D eigenvalue weighted by molar-refractivity contribution is 0.407. The summed E-state index contributed by atoms with van der Waals surface area (Å²) in [4.78, 5) is 4.30. The SMILES string of the molecule is CCC(C)SCc1noc(-c2ccc(CN)o2)n1. The van der Waals surface area contributed by atoms with Gasteiger partial charge in [-0.15, -0.1) is 0 Å². The van der Waals surface area contributed by atoms with Gasteiger partial charge in [-0.2, -0.15) is 16.7 Å². The van der Waals surface area contributed by atoms with Crippen LogP contribution in [0.25, 0.3) is 11.7 Å². The zero-order valence-electron chi connectivity index (χ0n) is 10.5. The van der Waals surface area contributed by atoms with E-state index in [1.54, 1.807) is 6.07 Å². The molecule has 2 aromatic heterocycles. The van der Waals surface area contributed by atoms with Crippen molar-refractivity contribution in [1.82, 2.24) is 10.1 Å². The molecule has 0 saturated carbocycles. The van der Waals surface area contributed by atoms with E-state index in [1.165, 1.54) is 0 Å². The minimum absolute atomic E-state index is 0.366. The summed E-state index contributed by atoms with van der Waals surface area (Å²) < 4.78 is 10.6. The van der Waals surface area contributed by atoms with Crippen molar-refractivity contribution in [3.05, 3.63) is 23.7 Å². The first kappa shape index (κ1) is 13.2. The number of hydrogen-bond acceptors (Lipinski definition) is 6. The minimum Gasteiger partial charge on any atom is -0.455 e. The normalized spacial score (nSPS) is 12.8. The lowest BCUT2D eigenvalue weighted by atomic mass is 10.4. The van der Waals surface area contributed by atoms with E-state index in [9.17, 15) is 0 Å². The summed E-state index contributed by atoms with van der Waals surface area (Å²) in [7, 11) is 0. The maximum Gasteiger partial charge on any atom is 0.293 e. The number of nitrogens with two attached hydrogens (primary N) is 1. The first-order valence-corrected chi connectivity index (χ1v) is 7.01. The van der Waals surface area contributed by atoms with Crippen LogP contribution in [0.15, 0.2) is 21.1 Å². The first-order chi connectivity index (χ1) is 8.72. The van der Waals surface area contributed by atoms with Crippen LogP contribution in [0.2, 0.25) is 0 Å². The fourth-order valence-corrected chi connectivity index (χ4v) is 2.14. The second-order valence-electron chi connectivity index (χ2n) is 4.02. The van der Waals surface area contributed by atoms with Crippen molar-refractivity contribution in [3.63, 3.8) is 0 Å². The van der Waals surface area contributed by atoms with Crippen molar-refractivity contribution < 1.29 is 8.94 Å². The number of thioether (sulfide) groups is 1. The van der Waals surface area contributed by atoms with Crippen molar-refractivity contribution in [2.24, 2.45) is 5.73 Å². The lowest BCUT2D eigenvalue weighted by Crippen LogP contribution is -1.94. The molecule has 2 N–H and O–H groups in total. The largest absolute Gasteiger partial charge is 0.455 e. The Morgan fingerprint density at radius 3 is 2.94 bits per heavy atom. The summed E-state index contributed by atoms with van der Waals surface area (Å²) in [5.74, 6) is 3.14. The summed E-state index contributed by atoms with van der Waals surface area (Å²) >= 11 is 1.81. The van der Waals surface area contributed by atoms with Crippen molar-refractivity contribution >= 4 is 11.8 Å². The Kier molecular flexibility index (Phi) is 4.43. The molecule has 18 heavy (non-hydrogen) atoms. The molecule has 6 heteroatoms. The minimum atomic E-state index is 0.366. The van der Waals surface area contributed by atoms with E-state index >= 15 is 0 Å². The van der Waals surface area contributed by atoms with Gasteiger partial charge in [-0.3, -0.25) is 0 Å². The summed E-state index contributed by atoms with van der Waals surface area (Å²) in [5, 5.41) is 4.53. The Labute approximate surface area is 110 Å². The average molecular weight is 267 g/mol. The van der Waals surface area contributed by atoms with Crippen LogP contribution >= 0.6 is 11.8 Å². The fraction of sp³-hybridized carbons (Fsp3) is 0.500. The van der Waals surface area contributed by atoms with E-state index in [0.717, 1.165) is 12.2 Å². The van der Waals surface area contributed by atoms with Crippen molar-refractivity contribution in [2.45, 2.75) is 37.8 Å². The van der Waals surface area contributed by atoms with Crippen molar-refractivity contribution in [2.75, 3.05) is 0 Å². The van der Waals surface area contributed by atoms with Crippen LogP contribution in [0.5, 0.6) is 0 Å². The summed E-state index contributed by atoms with van der Waals surface area (Å²) in [5.41, 5.74) is 5.48. The molecule has 0 radical (unpaired) electrons. The maximum atomic E-state index is 5.48. The van der Waals surface area contributed by atoms with E-state index in [-0.39, 0.29) is 0 Å². The van der Waals surface area contributed by atoms with Gasteiger partial charge in [0.1, 0.15) is 5.76 Å². The van der Waals surface area contributed by atoms with Crippen molar-refractivity contribution in [3.8, 4) is 11.7 Å². The van der Waals surface area contributed by atoms with Crippen molar-refractivity contribution in [1.29, 1.82) is 0 Å². The van der Waals surface area contributed by atoms with Gasteiger partial charge in [0.05, 0.1) is 12.3 Å². The molecule has 1 atom stereocenters. The third-order valence-electron chi connectivity index (χ3n) is 2.61. The predicted molar refractivity (Wildman–Crippen MR) is 70.9 cm³/mol. The topological polar surface area (TPSA) is 78.1 Å². The molecule has 0 aromatic carbocycles. The van der Waals surface area contributed by atoms with E-state index < -0.39 is 0 Å². The zero-order valence-corrected chi connectivity index (χ0v) is 11.4. The highest BCUT2D eigenvalue weighted by atomic mass is 32.2. The molecule has 0 saturated heterocycles. The van der Waals surface area contributed by atoms with Gasteiger partial charge in [-0.1, -0.05) is 19.0 Å². The molecular weight excluding hydrogens is 250 g/mol. The second-order valence-corrected chi connectivity index (χ2v) is 5.44. The van der Waals surface area contributed by atoms with Gasteiger partial charge in [0.2, 0.25) is 0 Å². The van der Waals surface area contributed by atoms with Crippen LogP contribution in [0, 0.1) is 0 Å². The van der Waals surface area contributed by atoms with Crippen LogP contribution in [-0.2, 0) is 12.3 Å². The maximum absolute atomic E-state index is 5.48. The highest BCUT2D eigenvalue weighted by Gasteiger charge is 2.13. The summed E-state index contributed by atoms with van der Waals surface area (Å²) in [6.07, 6.45) is 1.13.